The van der Waals surface area contributed by atoms with E-state index in [4.69, 9.17) is 5.26 Å². The van der Waals surface area contributed by atoms with Gasteiger partial charge in [0.2, 0.25) is 0 Å². The van der Waals surface area contributed by atoms with Crippen LogP contribution in [0.1, 0.15) is 71.1 Å². The topological polar surface area (TPSA) is 23.8 Å². The largest absolute Gasteiger partial charge is 0.198 e. The molecule has 0 aromatic rings. The monoisotopic (exact) mass is 221 g/mol. The standard InChI is InChI=1S/C15H27N/c1-3-5-6-7-8-9-10-11-13-15(14-16)12-4-2/h3,15H,1,4-13H2,2H3. The van der Waals surface area contributed by atoms with Crippen LogP contribution in [0.5, 0.6) is 0 Å². The molecule has 0 aromatic heterocycles. The predicted molar refractivity (Wildman–Crippen MR) is 71.1 cm³/mol. The fraction of sp³-hybridized carbons (Fsp3) is 0.800. The highest BCUT2D eigenvalue weighted by molar-refractivity contribution is 4.81. The molecule has 0 N–H and O–H groups in total. The lowest BCUT2D eigenvalue weighted by Crippen LogP contribution is -1.96. The van der Waals surface area contributed by atoms with Crippen LogP contribution in [0.15, 0.2) is 12.7 Å². The Labute approximate surface area is 102 Å². The van der Waals surface area contributed by atoms with Gasteiger partial charge in [0, 0.05) is 5.92 Å². The fourth-order valence-electron chi connectivity index (χ4n) is 2.01. The van der Waals surface area contributed by atoms with Crippen molar-refractivity contribution in [2.45, 2.75) is 71.1 Å². The highest BCUT2D eigenvalue weighted by atomic mass is 14.3. The van der Waals surface area contributed by atoms with E-state index in [1.807, 2.05) is 6.08 Å². The third kappa shape index (κ3) is 9.77. The lowest BCUT2D eigenvalue weighted by molar-refractivity contribution is 0.496. The Morgan fingerprint density at radius 3 is 2.25 bits per heavy atom. The van der Waals surface area contributed by atoms with Crippen molar-refractivity contribution in [1.29, 1.82) is 5.26 Å². The second-order valence-electron chi connectivity index (χ2n) is 4.60. The summed E-state index contributed by atoms with van der Waals surface area (Å²) in [5, 5.41) is 8.90. The molecule has 1 heteroatoms. The molecule has 1 atom stereocenters. The van der Waals surface area contributed by atoms with E-state index in [1.165, 1.54) is 38.5 Å². The molecule has 0 bridgehead atoms. The van der Waals surface area contributed by atoms with Crippen LogP contribution in [0.3, 0.4) is 0 Å². The highest BCUT2D eigenvalue weighted by Crippen LogP contribution is 2.16. The van der Waals surface area contributed by atoms with E-state index in [0.717, 1.165) is 25.7 Å². The summed E-state index contributed by atoms with van der Waals surface area (Å²) >= 11 is 0. The van der Waals surface area contributed by atoms with Gasteiger partial charge in [-0.05, 0) is 25.7 Å². The zero-order valence-electron chi connectivity index (χ0n) is 10.9. The number of nitrogens with zero attached hydrogens (tertiary/aromatic N) is 1. The van der Waals surface area contributed by atoms with Gasteiger partial charge in [0.25, 0.3) is 0 Å². The van der Waals surface area contributed by atoms with Crippen molar-refractivity contribution < 1.29 is 0 Å². The Morgan fingerprint density at radius 2 is 1.69 bits per heavy atom. The summed E-state index contributed by atoms with van der Waals surface area (Å²) in [5.74, 6) is 0.311. The molecule has 0 aliphatic carbocycles. The highest BCUT2D eigenvalue weighted by Gasteiger charge is 2.04. The first kappa shape index (κ1) is 15.2. The molecule has 0 spiro atoms. The van der Waals surface area contributed by atoms with E-state index in [2.05, 4.69) is 19.6 Å². The maximum Gasteiger partial charge on any atom is 0.0655 e. The number of hydrogen-bond donors (Lipinski definition) is 0. The summed E-state index contributed by atoms with van der Waals surface area (Å²) in [6, 6.07) is 2.41. The Balaban J connectivity index is 3.19. The maximum atomic E-state index is 8.90. The second kappa shape index (κ2) is 12.3. The van der Waals surface area contributed by atoms with Crippen LogP contribution in [-0.2, 0) is 0 Å². The van der Waals surface area contributed by atoms with Gasteiger partial charge in [-0.15, -0.1) is 6.58 Å². The number of allylic oxidation sites excluding steroid dienone is 1. The second-order valence-corrected chi connectivity index (χ2v) is 4.60. The van der Waals surface area contributed by atoms with Gasteiger partial charge >= 0.3 is 0 Å². The van der Waals surface area contributed by atoms with Gasteiger partial charge in [-0.3, -0.25) is 0 Å². The Kier molecular flexibility index (Phi) is 11.7. The SMILES string of the molecule is C=CCCCCCCCCC(C#N)CCC. The van der Waals surface area contributed by atoms with E-state index in [-0.39, 0.29) is 0 Å². The van der Waals surface area contributed by atoms with Crippen molar-refractivity contribution in [1.82, 2.24) is 0 Å². The molecule has 0 heterocycles. The third-order valence-corrected chi connectivity index (χ3v) is 3.03. The molecule has 0 rings (SSSR count). The molecule has 0 radical (unpaired) electrons. The molecule has 0 aliphatic rings. The van der Waals surface area contributed by atoms with E-state index >= 15 is 0 Å². The number of unbranched alkanes of at least 4 members (excludes halogenated alkanes) is 6. The molecule has 92 valence electrons. The first-order chi connectivity index (χ1) is 7.85. The fourth-order valence-corrected chi connectivity index (χ4v) is 2.01. The van der Waals surface area contributed by atoms with Crippen molar-refractivity contribution in [2.75, 3.05) is 0 Å². The van der Waals surface area contributed by atoms with Crippen molar-refractivity contribution >= 4 is 0 Å². The summed E-state index contributed by atoms with van der Waals surface area (Å²) in [7, 11) is 0. The zero-order valence-corrected chi connectivity index (χ0v) is 10.9. The Morgan fingerprint density at radius 1 is 1.06 bits per heavy atom. The minimum atomic E-state index is 0.311. The minimum absolute atomic E-state index is 0.311. The molecule has 0 saturated carbocycles. The van der Waals surface area contributed by atoms with Crippen LogP contribution >= 0.6 is 0 Å². The minimum Gasteiger partial charge on any atom is -0.198 e. The quantitative estimate of drug-likeness (QED) is 0.346. The van der Waals surface area contributed by atoms with Crippen LogP contribution in [0.25, 0.3) is 0 Å². The first-order valence-corrected chi connectivity index (χ1v) is 6.85. The third-order valence-electron chi connectivity index (χ3n) is 3.03. The summed E-state index contributed by atoms with van der Waals surface area (Å²) < 4.78 is 0. The van der Waals surface area contributed by atoms with Crippen LogP contribution in [0, 0.1) is 17.2 Å². The molecule has 0 saturated heterocycles. The predicted octanol–water partition coefficient (Wildman–Crippen LogP) is 5.23. The maximum absolute atomic E-state index is 8.90. The van der Waals surface area contributed by atoms with Crippen molar-refractivity contribution in [3.63, 3.8) is 0 Å². The van der Waals surface area contributed by atoms with Crippen LogP contribution in [0.4, 0.5) is 0 Å². The summed E-state index contributed by atoms with van der Waals surface area (Å²) in [4.78, 5) is 0. The van der Waals surface area contributed by atoms with Gasteiger partial charge in [0.15, 0.2) is 0 Å². The van der Waals surface area contributed by atoms with Crippen molar-refractivity contribution in [3.8, 4) is 6.07 Å². The number of nitriles is 1. The zero-order chi connectivity index (χ0) is 12.1. The molecule has 0 amide bonds. The van der Waals surface area contributed by atoms with Crippen LogP contribution in [-0.4, -0.2) is 0 Å². The number of rotatable bonds is 11. The van der Waals surface area contributed by atoms with Gasteiger partial charge in [-0.25, -0.2) is 0 Å². The lowest BCUT2D eigenvalue weighted by Gasteiger charge is -2.06. The molecular weight excluding hydrogens is 194 g/mol. The molecule has 1 unspecified atom stereocenters. The van der Waals surface area contributed by atoms with Gasteiger partial charge < -0.3 is 0 Å². The average molecular weight is 221 g/mol. The Bertz CT molecular complexity index is 190. The first-order valence-electron chi connectivity index (χ1n) is 6.85. The summed E-state index contributed by atoms with van der Waals surface area (Å²) in [6.07, 6.45) is 14.3. The summed E-state index contributed by atoms with van der Waals surface area (Å²) in [5.41, 5.74) is 0. The molecule has 0 aliphatic heterocycles. The van der Waals surface area contributed by atoms with E-state index in [9.17, 15) is 0 Å². The van der Waals surface area contributed by atoms with E-state index in [1.54, 1.807) is 0 Å². The lowest BCUT2D eigenvalue weighted by atomic mass is 9.97. The molecule has 16 heavy (non-hydrogen) atoms. The van der Waals surface area contributed by atoms with Gasteiger partial charge in [0.05, 0.1) is 6.07 Å². The van der Waals surface area contributed by atoms with Crippen molar-refractivity contribution in [2.24, 2.45) is 5.92 Å². The average Bonchev–Trinajstić information content (AvgIpc) is 2.31. The molecule has 0 fully saturated rings. The molecule has 0 aromatic carbocycles. The van der Waals surface area contributed by atoms with Gasteiger partial charge in [-0.1, -0.05) is 51.5 Å². The summed E-state index contributed by atoms with van der Waals surface area (Å²) in [6.45, 7) is 5.88. The van der Waals surface area contributed by atoms with Gasteiger partial charge in [-0.2, -0.15) is 5.26 Å². The van der Waals surface area contributed by atoms with E-state index in [0.29, 0.717) is 5.92 Å². The molecular formula is C15H27N. The smallest absolute Gasteiger partial charge is 0.0655 e. The van der Waals surface area contributed by atoms with Gasteiger partial charge in [0.1, 0.15) is 0 Å². The normalized spacial score (nSPS) is 12.0. The van der Waals surface area contributed by atoms with E-state index < -0.39 is 0 Å². The van der Waals surface area contributed by atoms with Crippen LogP contribution < -0.4 is 0 Å². The molecule has 1 nitrogen and oxygen atoms in total. The Hall–Kier alpha value is -0.770. The van der Waals surface area contributed by atoms with Crippen molar-refractivity contribution in [3.05, 3.63) is 12.7 Å². The number of hydrogen-bond acceptors (Lipinski definition) is 1. The van der Waals surface area contributed by atoms with Crippen LogP contribution in [0.2, 0.25) is 0 Å².